The van der Waals surface area contributed by atoms with Crippen molar-refractivity contribution in [3.8, 4) is 0 Å². The van der Waals surface area contributed by atoms with Crippen LogP contribution in [-0.2, 0) is 14.9 Å². The molecule has 0 atom stereocenters. The molecule has 2 aromatic rings. The zero-order valence-corrected chi connectivity index (χ0v) is 13.4. The number of aromatic amines is 1. The smallest absolute Gasteiger partial charge is 0.307 e. The van der Waals surface area contributed by atoms with Gasteiger partial charge in [-0.15, -0.1) is 10.2 Å². The fourth-order valence-electron chi connectivity index (χ4n) is 1.98. The van der Waals surface area contributed by atoms with E-state index in [-0.39, 0.29) is 12.6 Å². The highest BCUT2D eigenvalue weighted by Gasteiger charge is 2.30. The summed E-state index contributed by atoms with van der Waals surface area (Å²) in [5, 5.41) is 14.8. The van der Waals surface area contributed by atoms with E-state index in [4.69, 9.17) is 16.3 Å². The summed E-state index contributed by atoms with van der Waals surface area (Å²) in [6, 6.07) is 0. The summed E-state index contributed by atoms with van der Waals surface area (Å²) in [7, 11) is 1.79. The van der Waals surface area contributed by atoms with Crippen LogP contribution >= 0.6 is 11.6 Å². The SMILES string of the molecule is CNCCC(=O)OCC(C)(C)c1nnc2c(Cl)c(C)[nH]n12. The van der Waals surface area contributed by atoms with Gasteiger partial charge in [0.05, 0.1) is 17.5 Å². The van der Waals surface area contributed by atoms with Crippen LogP contribution in [0.1, 0.15) is 31.8 Å². The first kappa shape index (κ1) is 15.8. The molecule has 0 bridgehead atoms. The maximum absolute atomic E-state index is 11.6. The number of hydrogen-bond acceptors (Lipinski definition) is 5. The molecule has 0 saturated carbocycles. The number of nitrogens with zero attached hydrogens (tertiary/aromatic N) is 3. The van der Waals surface area contributed by atoms with Gasteiger partial charge in [-0.2, -0.15) is 0 Å². The van der Waals surface area contributed by atoms with Crippen molar-refractivity contribution in [1.29, 1.82) is 0 Å². The number of halogens is 1. The Kier molecular flexibility index (Phi) is 4.53. The molecule has 0 saturated heterocycles. The monoisotopic (exact) mass is 313 g/mol. The molecule has 116 valence electrons. The van der Waals surface area contributed by atoms with E-state index in [2.05, 4.69) is 20.6 Å². The van der Waals surface area contributed by atoms with Crippen LogP contribution in [0.15, 0.2) is 0 Å². The summed E-state index contributed by atoms with van der Waals surface area (Å²) < 4.78 is 7.05. The fraction of sp³-hybridized carbons (Fsp3) is 0.615. The number of ether oxygens (including phenoxy) is 1. The topological polar surface area (TPSA) is 84.3 Å². The minimum atomic E-state index is -0.477. The van der Waals surface area contributed by atoms with E-state index in [0.29, 0.717) is 29.5 Å². The Morgan fingerprint density at radius 1 is 1.48 bits per heavy atom. The van der Waals surface area contributed by atoms with Crippen molar-refractivity contribution in [3.63, 3.8) is 0 Å². The van der Waals surface area contributed by atoms with Crippen LogP contribution in [0.25, 0.3) is 5.65 Å². The van der Waals surface area contributed by atoms with Crippen LogP contribution in [-0.4, -0.2) is 46.0 Å². The molecule has 2 heterocycles. The lowest BCUT2D eigenvalue weighted by Crippen LogP contribution is -2.29. The summed E-state index contributed by atoms with van der Waals surface area (Å²) in [4.78, 5) is 11.6. The third kappa shape index (κ3) is 3.19. The van der Waals surface area contributed by atoms with E-state index in [1.54, 1.807) is 11.6 Å². The highest BCUT2D eigenvalue weighted by atomic mass is 35.5. The number of hydrogen-bond donors (Lipinski definition) is 2. The van der Waals surface area contributed by atoms with E-state index in [9.17, 15) is 4.79 Å². The highest BCUT2D eigenvalue weighted by molar-refractivity contribution is 6.34. The Hall–Kier alpha value is -1.60. The van der Waals surface area contributed by atoms with Crippen LogP contribution in [0.3, 0.4) is 0 Å². The van der Waals surface area contributed by atoms with Gasteiger partial charge in [0, 0.05) is 6.54 Å². The van der Waals surface area contributed by atoms with Crippen molar-refractivity contribution < 1.29 is 9.53 Å². The van der Waals surface area contributed by atoms with Gasteiger partial charge in [0.1, 0.15) is 11.6 Å². The van der Waals surface area contributed by atoms with Gasteiger partial charge in [-0.1, -0.05) is 11.6 Å². The number of nitrogens with one attached hydrogen (secondary N) is 2. The van der Waals surface area contributed by atoms with Gasteiger partial charge in [0.15, 0.2) is 11.5 Å². The predicted molar refractivity (Wildman–Crippen MR) is 79.6 cm³/mol. The quantitative estimate of drug-likeness (QED) is 0.789. The van der Waals surface area contributed by atoms with Crippen molar-refractivity contribution >= 4 is 23.2 Å². The average Bonchev–Trinajstić information content (AvgIpc) is 2.96. The number of aryl methyl sites for hydroxylation is 1. The van der Waals surface area contributed by atoms with Crippen LogP contribution in [0.2, 0.25) is 5.02 Å². The lowest BCUT2D eigenvalue weighted by molar-refractivity contribution is -0.145. The van der Waals surface area contributed by atoms with Gasteiger partial charge in [0.2, 0.25) is 0 Å². The fourth-order valence-corrected chi connectivity index (χ4v) is 2.14. The molecule has 0 aliphatic rings. The molecular weight excluding hydrogens is 294 g/mol. The molecular formula is C13H20ClN5O2. The zero-order chi connectivity index (χ0) is 15.6. The van der Waals surface area contributed by atoms with E-state index in [0.717, 1.165) is 5.69 Å². The number of fused-ring (bicyclic) bond motifs is 1. The van der Waals surface area contributed by atoms with Gasteiger partial charge >= 0.3 is 5.97 Å². The van der Waals surface area contributed by atoms with Crippen LogP contribution in [0, 0.1) is 6.92 Å². The number of aromatic nitrogens is 4. The summed E-state index contributed by atoms with van der Waals surface area (Å²) in [6.07, 6.45) is 0.343. The first-order valence-corrected chi connectivity index (χ1v) is 7.14. The number of rotatable bonds is 6. The molecule has 2 N–H and O–H groups in total. The maximum Gasteiger partial charge on any atom is 0.307 e. The Balaban J connectivity index is 2.14. The molecule has 0 spiro atoms. The number of esters is 1. The third-order valence-electron chi connectivity index (χ3n) is 3.25. The second-order valence-electron chi connectivity index (χ2n) is 5.63. The van der Waals surface area contributed by atoms with Crippen LogP contribution in [0.5, 0.6) is 0 Å². The number of carbonyl (C=O) groups excluding carboxylic acids is 1. The number of carbonyl (C=O) groups is 1. The summed E-state index contributed by atoms with van der Waals surface area (Å²) >= 11 is 6.14. The second kappa shape index (κ2) is 6.03. The Bertz CT molecular complexity index is 646. The Labute approximate surface area is 128 Å². The van der Waals surface area contributed by atoms with Gasteiger partial charge in [-0.3, -0.25) is 9.89 Å². The van der Waals surface area contributed by atoms with Gasteiger partial charge in [-0.05, 0) is 27.8 Å². The van der Waals surface area contributed by atoms with Crippen molar-refractivity contribution in [2.45, 2.75) is 32.6 Å². The molecule has 2 rings (SSSR count). The first-order chi connectivity index (χ1) is 9.86. The first-order valence-electron chi connectivity index (χ1n) is 6.76. The Morgan fingerprint density at radius 2 is 2.19 bits per heavy atom. The molecule has 0 unspecified atom stereocenters. The lowest BCUT2D eigenvalue weighted by Gasteiger charge is -2.21. The molecule has 0 aliphatic heterocycles. The summed E-state index contributed by atoms with van der Waals surface area (Å²) in [6.45, 7) is 6.58. The predicted octanol–water partition coefficient (Wildman–Crippen LogP) is 1.45. The molecule has 7 nitrogen and oxygen atoms in total. The van der Waals surface area contributed by atoms with Crippen LogP contribution < -0.4 is 5.32 Å². The second-order valence-corrected chi connectivity index (χ2v) is 6.01. The normalized spacial score (nSPS) is 12.0. The molecule has 21 heavy (non-hydrogen) atoms. The molecule has 0 aliphatic carbocycles. The lowest BCUT2D eigenvalue weighted by atomic mass is 9.94. The summed E-state index contributed by atoms with van der Waals surface area (Å²) in [5.74, 6) is 0.438. The Morgan fingerprint density at radius 3 is 2.86 bits per heavy atom. The number of H-pyrrole nitrogens is 1. The van der Waals surface area contributed by atoms with Gasteiger partial charge in [0.25, 0.3) is 0 Å². The van der Waals surface area contributed by atoms with Crippen LogP contribution in [0.4, 0.5) is 0 Å². The standard InChI is InChI=1S/C13H20ClN5O2/c1-8-10(14)11-16-17-12(19(11)18-8)13(2,3)7-21-9(20)5-6-15-4/h15,18H,5-7H2,1-4H3. The minimum absolute atomic E-state index is 0.228. The highest BCUT2D eigenvalue weighted by Crippen LogP contribution is 2.26. The average molecular weight is 314 g/mol. The summed E-state index contributed by atoms with van der Waals surface area (Å²) in [5.41, 5.74) is 0.929. The molecule has 0 amide bonds. The molecule has 2 aromatic heterocycles. The van der Waals surface area contributed by atoms with E-state index < -0.39 is 5.41 Å². The van der Waals surface area contributed by atoms with Crippen molar-refractivity contribution in [2.24, 2.45) is 0 Å². The van der Waals surface area contributed by atoms with Crippen molar-refractivity contribution in [2.75, 3.05) is 20.2 Å². The molecule has 0 radical (unpaired) electrons. The minimum Gasteiger partial charge on any atom is -0.465 e. The third-order valence-corrected chi connectivity index (χ3v) is 3.70. The molecule has 8 heteroatoms. The van der Waals surface area contributed by atoms with Crippen molar-refractivity contribution in [3.05, 3.63) is 16.5 Å². The van der Waals surface area contributed by atoms with Gasteiger partial charge < -0.3 is 10.1 Å². The van der Waals surface area contributed by atoms with E-state index >= 15 is 0 Å². The molecule has 0 fully saturated rings. The van der Waals surface area contributed by atoms with E-state index in [1.165, 1.54) is 0 Å². The van der Waals surface area contributed by atoms with Gasteiger partial charge in [-0.25, -0.2) is 4.52 Å². The molecule has 0 aromatic carbocycles. The van der Waals surface area contributed by atoms with Crippen molar-refractivity contribution in [1.82, 2.24) is 25.1 Å². The largest absolute Gasteiger partial charge is 0.465 e. The zero-order valence-electron chi connectivity index (χ0n) is 12.7. The van der Waals surface area contributed by atoms with E-state index in [1.807, 2.05) is 20.8 Å². The maximum atomic E-state index is 11.6.